The molecule has 10 heteroatoms. The number of aliphatic hydroxyl groups is 1. The van der Waals surface area contributed by atoms with E-state index >= 15 is 0 Å². The highest BCUT2D eigenvalue weighted by Gasteiger charge is 2.50. The molecule has 1 unspecified atom stereocenters. The van der Waals surface area contributed by atoms with Crippen molar-refractivity contribution in [3.63, 3.8) is 0 Å². The van der Waals surface area contributed by atoms with Gasteiger partial charge in [-0.05, 0) is 45.9 Å². The number of nitrogens with one attached hydrogen (secondary N) is 2. The number of fused-ring (bicyclic) bond motifs is 1. The number of amides is 2. The number of nitrogens with zero attached hydrogens (tertiary/aromatic N) is 3. The van der Waals surface area contributed by atoms with Crippen molar-refractivity contribution in [1.82, 2.24) is 15.1 Å². The molecule has 0 radical (unpaired) electrons. The van der Waals surface area contributed by atoms with Crippen LogP contribution in [0.1, 0.15) is 33.3 Å². The van der Waals surface area contributed by atoms with Gasteiger partial charge in [0.2, 0.25) is 0 Å². The summed E-state index contributed by atoms with van der Waals surface area (Å²) in [7, 11) is 0. The Morgan fingerprint density at radius 3 is 2.53 bits per heavy atom. The van der Waals surface area contributed by atoms with Gasteiger partial charge in [0.1, 0.15) is 0 Å². The van der Waals surface area contributed by atoms with Crippen LogP contribution in [-0.2, 0) is 0 Å². The number of aliphatic hydroxyl groups excluding tert-OH is 1. The van der Waals surface area contributed by atoms with Crippen LogP contribution < -0.4 is 5.32 Å². The molecule has 3 aromatic rings. The zero-order valence-electron chi connectivity index (χ0n) is 19.5. The fraction of sp³-hybridized carbons (Fsp3) is 0.292. The molecule has 1 aromatic heterocycles. The van der Waals surface area contributed by atoms with E-state index in [4.69, 9.17) is 17.3 Å². The zero-order valence-corrected chi connectivity index (χ0v) is 21.1. The number of hydrazone groups is 1. The number of para-hydroxylation sites is 2. The van der Waals surface area contributed by atoms with E-state index < -0.39 is 16.9 Å². The molecular formula is C24H29N5O3S2. The van der Waals surface area contributed by atoms with Crippen molar-refractivity contribution in [1.29, 1.82) is 0 Å². The fourth-order valence-electron chi connectivity index (χ4n) is 3.37. The van der Waals surface area contributed by atoms with Crippen molar-refractivity contribution < 1.29 is 15.1 Å². The van der Waals surface area contributed by atoms with Gasteiger partial charge >= 0.3 is 6.03 Å². The minimum Gasteiger partial charge on any atom is -0.394 e. The van der Waals surface area contributed by atoms with Gasteiger partial charge in [0.15, 0.2) is 10.5 Å². The number of rotatable bonds is 4. The Hall–Kier alpha value is -2.92. The number of hydroxylamine groups is 2. The standard InChI is InChI=1S/C21H21N5O2S2.C3H8O/c1-21(2)18(26(28)19(27)24-15-8-4-3-5-9-15)25(20(29)30-21)23-13-14-12-22-17-11-7-6-10-16(14)17;1-3(2)4/h3-13,18,22,28H,1-2H3,(H,24,27);3-4H,1-2H3/b23-13+;. The van der Waals surface area contributed by atoms with E-state index in [1.54, 1.807) is 44.3 Å². The van der Waals surface area contributed by atoms with Gasteiger partial charge in [-0.3, -0.25) is 5.21 Å². The number of aromatic amines is 1. The second-order valence-corrected chi connectivity index (χ2v) is 10.7. The van der Waals surface area contributed by atoms with Gasteiger partial charge in [-0.2, -0.15) is 10.2 Å². The van der Waals surface area contributed by atoms with Crippen LogP contribution in [-0.4, -0.2) is 59.0 Å². The third-order valence-corrected chi connectivity index (χ3v) is 6.33. The maximum atomic E-state index is 12.7. The molecule has 0 saturated carbocycles. The topological polar surface area (TPSA) is 104 Å². The predicted molar refractivity (Wildman–Crippen MR) is 142 cm³/mol. The molecular weight excluding hydrogens is 470 g/mol. The Morgan fingerprint density at radius 1 is 1.24 bits per heavy atom. The summed E-state index contributed by atoms with van der Waals surface area (Å²) in [5.74, 6) is 0. The summed E-state index contributed by atoms with van der Waals surface area (Å²) in [6.07, 6.45) is 2.60. The average Bonchev–Trinajstić information content (AvgIpc) is 3.28. The Labute approximate surface area is 208 Å². The van der Waals surface area contributed by atoms with Gasteiger partial charge in [0, 0.05) is 34.5 Å². The molecule has 2 amide bonds. The van der Waals surface area contributed by atoms with Gasteiger partial charge < -0.3 is 15.4 Å². The lowest BCUT2D eigenvalue weighted by Crippen LogP contribution is -2.54. The first-order valence-corrected chi connectivity index (χ1v) is 12.0. The van der Waals surface area contributed by atoms with E-state index in [1.165, 1.54) is 16.8 Å². The third kappa shape index (κ3) is 6.15. The largest absolute Gasteiger partial charge is 0.394 e. The predicted octanol–water partition coefficient (Wildman–Crippen LogP) is 5.25. The normalized spacial score (nSPS) is 17.2. The van der Waals surface area contributed by atoms with Gasteiger partial charge in [-0.15, -0.1) is 0 Å². The molecule has 0 aliphatic carbocycles. The summed E-state index contributed by atoms with van der Waals surface area (Å²) in [4.78, 5) is 15.9. The molecule has 1 fully saturated rings. The number of hydrogen-bond donors (Lipinski definition) is 4. The Balaban J connectivity index is 0.000000751. The van der Waals surface area contributed by atoms with E-state index in [2.05, 4.69) is 15.4 Å². The molecule has 4 rings (SSSR count). The Morgan fingerprint density at radius 2 is 1.85 bits per heavy atom. The molecule has 1 atom stereocenters. The highest BCUT2D eigenvalue weighted by molar-refractivity contribution is 8.24. The number of urea groups is 1. The van der Waals surface area contributed by atoms with Crippen molar-refractivity contribution in [2.45, 2.75) is 44.7 Å². The van der Waals surface area contributed by atoms with E-state index in [0.717, 1.165) is 16.5 Å². The van der Waals surface area contributed by atoms with Crippen LogP contribution >= 0.6 is 24.0 Å². The van der Waals surface area contributed by atoms with Crippen LogP contribution in [0.4, 0.5) is 10.5 Å². The highest BCUT2D eigenvalue weighted by atomic mass is 32.2. The first-order valence-electron chi connectivity index (χ1n) is 10.7. The van der Waals surface area contributed by atoms with E-state index in [0.29, 0.717) is 15.1 Å². The summed E-state index contributed by atoms with van der Waals surface area (Å²) < 4.78 is -0.0927. The van der Waals surface area contributed by atoms with Gasteiger partial charge in [0.05, 0.1) is 11.0 Å². The molecule has 4 N–H and O–H groups in total. The number of H-pyrrole nitrogens is 1. The van der Waals surface area contributed by atoms with Gasteiger partial charge in [-0.25, -0.2) is 9.80 Å². The first-order chi connectivity index (χ1) is 16.1. The van der Waals surface area contributed by atoms with E-state index in [9.17, 15) is 10.0 Å². The summed E-state index contributed by atoms with van der Waals surface area (Å²) in [6, 6.07) is 16.2. The number of hydrogen-bond acceptors (Lipinski definition) is 6. The maximum absolute atomic E-state index is 12.7. The molecule has 2 aromatic carbocycles. The van der Waals surface area contributed by atoms with Crippen molar-refractivity contribution in [3.05, 3.63) is 66.4 Å². The first kappa shape index (κ1) is 25.7. The molecule has 0 bridgehead atoms. The second-order valence-electron chi connectivity index (χ2n) is 8.46. The number of carbonyl (C=O) groups excluding carboxylic acids is 1. The Kier molecular flexibility index (Phi) is 8.32. The number of carbonyl (C=O) groups is 1. The summed E-state index contributed by atoms with van der Waals surface area (Å²) in [6.45, 7) is 7.27. The lowest BCUT2D eigenvalue weighted by atomic mass is 10.1. The molecule has 1 aliphatic heterocycles. The molecule has 34 heavy (non-hydrogen) atoms. The fourth-order valence-corrected chi connectivity index (χ4v) is 5.15. The van der Waals surface area contributed by atoms with E-state index in [1.807, 2.05) is 50.4 Å². The van der Waals surface area contributed by atoms with Crippen LogP contribution in [0.25, 0.3) is 10.9 Å². The van der Waals surface area contributed by atoms with Crippen molar-refractivity contribution in [3.8, 4) is 0 Å². The lowest BCUT2D eigenvalue weighted by Gasteiger charge is -2.34. The van der Waals surface area contributed by atoms with Crippen molar-refractivity contribution in [2.24, 2.45) is 5.10 Å². The average molecular weight is 500 g/mol. The van der Waals surface area contributed by atoms with Gasteiger partial charge in [0.25, 0.3) is 0 Å². The van der Waals surface area contributed by atoms with Crippen LogP contribution in [0.3, 0.4) is 0 Å². The maximum Gasteiger partial charge on any atom is 0.347 e. The van der Waals surface area contributed by atoms with Crippen molar-refractivity contribution in [2.75, 3.05) is 5.32 Å². The van der Waals surface area contributed by atoms with Crippen molar-refractivity contribution >= 4 is 57.1 Å². The van der Waals surface area contributed by atoms with Crippen LogP contribution in [0, 0.1) is 0 Å². The summed E-state index contributed by atoms with van der Waals surface area (Å²) >= 11 is 6.88. The molecule has 8 nitrogen and oxygen atoms in total. The van der Waals surface area contributed by atoms with Crippen LogP contribution in [0.2, 0.25) is 0 Å². The second kappa shape index (κ2) is 11.0. The quantitative estimate of drug-likeness (QED) is 0.169. The van der Waals surface area contributed by atoms with Gasteiger partial charge in [-0.1, -0.05) is 60.4 Å². The number of thioether (sulfide) groups is 1. The Bertz CT molecular complexity index is 1160. The number of thiocarbonyl (C=S) groups is 1. The van der Waals surface area contributed by atoms with E-state index in [-0.39, 0.29) is 6.10 Å². The summed E-state index contributed by atoms with van der Waals surface area (Å²) in [5.41, 5.74) is 2.47. The third-order valence-electron chi connectivity index (χ3n) is 4.80. The minimum atomic E-state index is -0.778. The molecule has 0 spiro atoms. The molecule has 1 saturated heterocycles. The number of anilines is 1. The molecule has 2 heterocycles. The monoisotopic (exact) mass is 499 g/mol. The number of benzene rings is 2. The minimum absolute atomic E-state index is 0.167. The molecule has 180 valence electrons. The van der Waals surface area contributed by atoms with Crippen LogP contribution in [0.15, 0.2) is 65.9 Å². The van der Waals surface area contributed by atoms with Crippen LogP contribution in [0.5, 0.6) is 0 Å². The lowest BCUT2D eigenvalue weighted by molar-refractivity contribution is -0.114. The zero-order chi connectivity index (χ0) is 24.9. The highest BCUT2D eigenvalue weighted by Crippen LogP contribution is 2.42. The molecule has 1 aliphatic rings. The SMILES string of the molecule is CC(C)O.CC1(C)SC(=S)N(/N=C/c2c[nH]c3ccccc23)C1N(O)C(=O)Nc1ccccc1. The smallest absolute Gasteiger partial charge is 0.347 e. The number of aromatic nitrogens is 1. The summed E-state index contributed by atoms with van der Waals surface area (Å²) in [5, 5.41) is 29.2.